The van der Waals surface area contributed by atoms with E-state index in [1.54, 1.807) is 6.07 Å². The number of hydrogen-bond acceptors (Lipinski definition) is 4. The predicted molar refractivity (Wildman–Crippen MR) is 90.9 cm³/mol. The molecule has 1 aromatic heterocycles. The Morgan fingerprint density at radius 3 is 2.61 bits per heavy atom. The van der Waals surface area contributed by atoms with Gasteiger partial charge in [0.1, 0.15) is 5.82 Å². The zero-order chi connectivity index (χ0) is 16.6. The number of nitrogens with zero attached hydrogens (tertiary/aromatic N) is 3. The molecule has 2 heterocycles. The van der Waals surface area contributed by atoms with Gasteiger partial charge in [-0.2, -0.15) is 0 Å². The minimum atomic E-state index is -0.261. The Kier molecular flexibility index (Phi) is 4.06. The Balaban J connectivity index is 2.08. The second-order valence-electron chi connectivity index (χ2n) is 7.19. The SMILES string of the molecule is CC(C)(C)c1cc(-c2cccc(F)c2)nc(N2CCC(N)C2)n1. The summed E-state index contributed by atoms with van der Waals surface area (Å²) in [6.45, 7) is 7.96. The average molecular weight is 314 g/mol. The van der Waals surface area contributed by atoms with Crippen LogP contribution in [0.5, 0.6) is 0 Å². The molecule has 1 saturated heterocycles. The Hall–Kier alpha value is -2.01. The highest BCUT2D eigenvalue weighted by Gasteiger charge is 2.25. The molecule has 1 fully saturated rings. The summed E-state index contributed by atoms with van der Waals surface area (Å²) in [4.78, 5) is 11.5. The summed E-state index contributed by atoms with van der Waals surface area (Å²) in [6, 6.07) is 8.64. The lowest BCUT2D eigenvalue weighted by molar-refractivity contribution is 0.566. The third-order valence-electron chi connectivity index (χ3n) is 4.11. The lowest BCUT2D eigenvalue weighted by Gasteiger charge is -2.23. The van der Waals surface area contributed by atoms with Gasteiger partial charge in [0.25, 0.3) is 0 Å². The lowest BCUT2D eigenvalue weighted by atomic mass is 9.91. The summed E-state index contributed by atoms with van der Waals surface area (Å²) >= 11 is 0. The molecule has 0 radical (unpaired) electrons. The Morgan fingerprint density at radius 1 is 1.22 bits per heavy atom. The molecule has 5 heteroatoms. The van der Waals surface area contributed by atoms with Crippen molar-refractivity contribution in [1.29, 1.82) is 0 Å². The van der Waals surface area contributed by atoms with Gasteiger partial charge in [-0.05, 0) is 24.6 Å². The molecule has 0 spiro atoms. The van der Waals surface area contributed by atoms with E-state index < -0.39 is 0 Å². The van der Waals surface area contributed by atoms with Gasteiger partial charge >= 0.3 is 0 Å². The van der Waals surface area contributed by atoms with Gasteiger partial charge < -0.3 is 10.6 Å². The minimum Gasteiger partial charge on any atom is -0.339 e. The molecule has 2 aromatic rings. The number of halogens is 1. The third-order valence-corrected chi connectivity index (χ3v) is 4.11. The largest absolute Gasteiger partial charge is 0.339 e. The van der Waals surface area contributed by atoms with Crippen molar-refractivity contribution in [3.05, 3.63) is 41.8 Å². The molecule has 2 N–H and O–H groups in total. The van der Waals surface area contributed by atoms with Crippen molar-refractivity contribution in [3.8, 4) is 11.3 Å². The monoisotopic (exact) mass is 314 g/mol. The Morgan fingerprint density at radius 2 is 2.00 bits per heavy atom. The molecular weight excluding hydrogens is 291 g/mol. The van der Waals surface area contributed by atoms with Crippen LogP contribution in [0.3, 0.4) is 0 Å². The fourth-order valence-electron chi connectivity index (χ4n) is 2.72. The van der Waals surface area contributed by atoms with Crippen LogP contribution in [0.4, 0.5) is 10.3 Å². The van der Waals surface area contributed by atoms with E-state index in [1.165, 1.54) is 12.1 Å². The van der Waals surface area contributed by atoms with E-state index in [9.17, 15) is 4.39 Å². The van der Waals surface area contributed by atoms with Gasteiger partial charge in [0, 0.05) is 30.1 Å². The summed E-state index contributed by atoms with van der Waals surface area (Å²) in [5.41, 5.74) is 8.36. The molecule has 1 aliphatic rings. The molecule has 1 atom stereocenters. The van der Waals surface area contributed by atoms with Crippen LogP contribution in [-0.4, -0.2) is 29.1 Å². The number of benzene rings is 1. The normalized spacial score (nSPS) is 18.5. The van der Waals surface area contributed by atoms with Gasteiger partial charge in [-0.3, -0.25) is 0 Å². The lowest BCUT2D eigenvalue weighted by Crippen LogP contribution is -2.28. The fraction of sp³-hybridized carbons (Fsp3) is 0.444. The molecule has 3 rings (SSSR count). The maximum Gasteiger partial charge on any atom is 0.226 e. The number of nitrogens with two attached hydrogens (primary N) is 1. The molecule has 1 aliphatic heterocycles. The standard InChI is InChI=1S/C18H23FN4/c1-18(2,3)16-10-15(12-5-4-6-13(19)9-12)21-17(22-16)23-8-7-14(20)11-23/h4-6,9-10,14H,7-8,11,20H2,1-3H3. The molecule has 1 unspecified atom stereocenters. The molecular formula is C18H23FN4. The predicted octanol–water partition coefficient (Wildman–Crippen LogP) is 3.12. The van der Waals surface area contributed by atoms with Crippen LogP contribution < -0.4 is 10.6 Å². The topological polar surface area (TPSA) is 55.0 Å². The van der Waals surface area contributed by atoms with E-state index in [-0.39, 0.29) is 17.3 Å². The first kappa shape index (κ1) is 15.9. The van der Waals surface area contributed by atoms with Crippen LogP contribution >= 0.6 is 0 Å². The van der Waals surface area contributed by atoms with Gasteiger partial charge in [-0.25, -0.2) is 14.4 Å². The molecule has 0 aliphatic carbocycles. The maximum absolute atomic E-state index is 13.6. The zero-order valence-electron chi connectivity index (χ0n) is 13.9. The van der Waals surface area contributed by atoms with Crippen molar-refractivity contribution in [3.63, 3.8) is 0 Å². The summed E-state index contributed by atoms with van der Waals surface area (Å²) in [6.07, 6.45) is 0.943. The highest BCUT2D eigenvalue weighted by molar-refractivity contribution is 5.61. The summed E-state index contributed by atoms with van der Waals surface area (Å²) in [5, 5.41) is 0. The van der Waals surface area contributed by atoms with Gasteiger partial charge in [0.2, 0.25) is 5.95 Å². The number of aromatic nitrogens is 2. The Bertz CT molecular complexity index is 708. The third kappa shape index (κ3) is 3.50. The average Bonchev–Trinajstić information content (AvgIpc) is 2.92. The van der Waals surface area contributed by atoms with E-state index >= 15 is 0 Å². The molecule has 0 saturated carbocycles. The molecule has 0 bridgehead atoms. The minimum absolute atomic E-state index is 0.110. The van der Waals surface area contributed by atoms with Crippen LogP contribution in [0.2, 0.25) is 0 Å². The second kappa shape index (κ2) is 5.89. The molecule has 4 nitrogen and oxygen atoms in total. The Labute approximate surface area is 136 Å². The van der Waals surface area contributed by atoms with E-state index in [4.69, 9.17) is 10.7 Å². The quantitative estimate of drug-likeness (QED) is 0.925. The van der Waals surface area contributed by atoms with Crippen molar-refractivity contribution >= 4 is 5.95 Å². The number of hydrogen-bond donors (Lipinski definition) is 1. The van der Waals surface area contributed by atoms with Crippen molar-refractivity contribution in [2.24, 2.45) is 5.73 Å². The van der Waals surface area contributed by atoms with Gasteiger partial charge in [-0.15, -0.1) is 0 Å². The van der Waals surface area contributed by atoms with Gasteiger partial charge in [0.15, 0.2) is 0 Å². The molecule has 0 amide bonds. The first-order valence-corrected chi connectivity index (χ1v) is 7.99. The summed E-state index contributed by atoms with van der Waals surface area (Å²) in [5.74, 6) is 0.424. The smallest absolute Gasteiger partial charge is 0.226 e. The first-order chi connectivity index (χ1) is 10.8. The highest BCUT2D eigenvalue weighted by atomic mass is 19.1. The highest BCUT2D eigenvalue weighted by Crippen LogP contribution is 2.28. The van der Waals surface area contributed by atoms with Crippen molar-refractivity contribution in [1.82, 2.24) is 9.97 Å². The number of anilines is 1. The van der Waals surface area contributed by atoms with E-state index in [0.29, 0.717) is 5.95 Å². The van der Waals surface area contributed by atoms with Crippen LogP contribution in [-0.2, 0) is 5.41 Å². The van der Waals surface area contributed by atoms with Crippen LogP contribution in [0, 0.1) is 5.82 Å². The molecule has 122 valence electrons. The van der Waals surface area contributed by atoms with Crippen LogP contribution in [0.1, 0.15) is 32.9 Å². The first-order valence-electron chi connectivity index (χ1n) is 7.99. The van der Waals surface area contributed by atoms with Crippen molar-refractivity contribution in [2.45, 2.75) is 38.6 Å². The summed E-state index contributed by atoms with van der Waals surface area (Å²) in [7, 11) is 0. The zero-order valence-corrected chi connectivity index (χ0v) is 13.9. The molecule has 23 heavy (non-hydrogen) atoms. The van der Waals surface area contributed by atoms with Gasteiger partial charge in [0.05, 0.1) is 11.4 Å². The number of rotatable bonds is 2. The van der Waals surface area contributed by atoms with Crippen molar-refractivity contribution in [2.75, 3.05) is 18.0 Å². The van der Waals surface area contributed by atoms with Crippen LogP contribution in [0.25, 0.3) is 11.3 Å². The maximum atomic E-state index is 13.6. The fourth-order valence-corrected chi connectivity index (χ4v) is 2.72. The summed E-state index contributed by atoms with van der Waals surface area (Å²) < 4.78 is 13.6. The molecule has 1 aromatic carbocycles. The second-order valence-corrected chi connectivity index (χ2v) is 7.19. The van der Waals surface area contributed by atoms with E-state index in [2.05, 4.69) is 30.7 Å². The van der Waals surface area contributed by atoms with Gasteiger partial charge in [-0.1, -0.05) is 32.9 Å². The van der Waals surface area contributed by atoms with Crippen LogP contribution in [0.15, 0.2) is 30.3 Å². The van der Waals surface area contributed by atoms with E-state index in [1.807, 2.05) is 12.1 Å². The van der Waals surface area contributed by atoms with E-state index in [0.717, 1.165) is 36.5 Å². The van der Waals surface area contributed by atoms with Crippen molar-refractivity contribution < 1.29 is 4.39 Å².